The Kier molecular flexibility index (Phi) is 5.62. The van der Waals surface area contributed by atoms with Crippen LogP contribution in [0.4, 0.5) is 14.5 Å². The first-order valence-corrected chi connectivity index (χ1v) is 8.40. The number of hydrogen-bond donors (Lipinski definition) is 1. The number of nitrogens with one attached hydrogen (secondary N) is 1. The van der Waals surface area contributed by atoms with E-state index in [1.807, 2.05) is 12.1 Å². The summed E-state index contributed by atoms with van der Waals surface area (Å²) < 4.78 is 39.9. The topological polar surface area (TPSA) is 104 Å². The van der Waals surface area contributed by atoms with E-state index in [0.717, 1.165) is 24.6 Å². The maximum atomic E-state index is 12.7. The second-order valence-corrected chi connectivity index (χ2v) is 6.04. The Morgan fingerprint density at radius 3 is 2.55 bits per heavy atom. The number of methoxy groups -OCH3 is 1. The molecule has 8 nitrogen and oxygen atoms in total. The van der Waals surface area contributed by atoms with Crippen molar-refractivity contribution in [2.24, 2.45) is 0 Å². The van der Waals surface area contributed by atoms with Crippen LogP contribution in [0.1, 0.15) is 29.1 Å². The molecule has 1 N–H and O–H groups in total. The zero-order valence-electron chi connectivity index (χ0n) is 15.3. The maximum Gasteiger partial charge on any atom is 0.387 e. The summed E-state index contributed by atoms with van der Waals surface area (Å²) in [6, 6.07) is 10.1. The molecule has 152 valence electrons. The van der Waals surface area contributed by atoms with Crippen molar-refractivity contribution in [3.63, 3.8) is 0 Å². The number of furan rings is 1. The van der Waals surface area contributed by atoms with Crippen LogP contribution in [0.15, 0.2) is 46.9 Å². The average Bonchev–Trinajstić information content (AvgIpc) is 3.11. The van der Waals surface area contributed by atoms with E-state index in [0.29, 0.717) is 11.3 Å². The zero-order chi connectivity index (χ0) is 21.1. The molecule has 29 heavy (non-hydrogen) atoms. The van der Waals surface area contributed by atoms with Gasteiger partial charge < -0.3 is 19.2 Å². The number of nitro benzene ring substituents is 1. The number of amides is 1. The SMILES string of the molecule is COc1cc(C(=O)NC(C)c2cc3ccccc3o2)c([N+](=O)[O-])cc1OC(F)F. The molecular formula is C19H16F2N2O6. The standard InChI is InChI=1S/C19H16F2N2O6/c1-10(15-7-11-5-3-4-6-14(11)28-15)22-18(24)12-8-16(27-2)17(29-19(20)21)9-13(12)23(25)26/h3-10,19H,1-2H3,(H,22,24). The molecule has 0 spiro atoms. The highest BCUT2D eigenvalue weighted by Crippen LogP contribution is 2.36. The highest BCUT2D eigenvalue weighted by molar-refractivity contribution is 5.99. The Labute approximate surface area is 163 Å². The lowest BCUT2D eigenvalue weighted by Gasteiger charge is -2.14. The van der Waals surface area contributed by atoms with Crippen molar-refractivity contribution < 1.29 is 32.4 Å². The van der Waals surface area contributed by atoms with Gasteiger partial charge in [-0.3, -0.25) is 14.9 Å². The molecule has 10 heteroatoms. The van der Waals surface area contributed by atoms with Crippen LogP contribution in [-0.2, 0) is 0 Å². The van der Waals surface area contributed by atoms with E-state index in [2.05, 4.69) is 10.1 Å². The molecule has 0 aliphatic rings. The Morgan fingerprint density at radius 1 is 1.21 bits per heavy atom. The number of benzene rings is 2. The minimum Gasteiger partial charge on any atom is -0.493 e. The van der Waals surface area contributed by atoms with Crippen molar-refractivity contribution in [3.05, 3.63) is 63.9 Å². The minimum absolute atomic E-state index is 0.238. The van der Waals surface area contributed by atoms with Gasteiger partial charge in [0.2, 0.25) is 0 Å². The number of halogens is 2. The third kappa shape index (κ3) is 4.26. The van der Waals surface area contributed by atoms with Gasteiger partial charge in [0, 0.05) is 11.5 Å². The molecule has 0 aliphatic carbocycles. The van der Waals surface area contributed by atoms with E-state index >= 15 is 0 Å². The van der Waals surface area contributed by atoms with Crippen molar-refractivity contribution in [3.8, 4) is 11.5 Å². The molecule has 1 atom stereocenters. The van der Waals surface area contributed by atoms with Gasteiger partial charge in [-0.25, -0.2) is 0 Å². The van der Waals surface area contributed by atoms with Crippen LogP contribution in [0.5, 0.6) is 11.5 Å². The fraction of sp³-hybridized carbons (Fsp3) is 0.211. The number of rotatable bonds is 7. The van der Waals surface area contributed by atoms with E-state index in [9.17, 15) is 23.7 Å². The molecule has 3 aromatic rings. The van der Waals surface area contributed by atoms with Gasteiger partial charge in [0.05, 0.1) is 24.1 Å². The van der Waals surface area contributed by atoms with Gasteiger partial charge in [-0.05, 0) is 19.1 Å². The van der Waals surface area contributed by atoms with Gasteiger partial charge in [-0.2, -0.15) is 8.78 Å². The van der Waals surface area contributed by atoms with Crippen LogP contribution < -0.4 is 14.8 Å². The van der Waals surface area contributed by atoms with Crippen LogP contribution >= 0.6 is 0 Å². The molecule has 1 unspecified atom stereocenters. The Hall–Kier alpha value is -3.69. The number of nitro groups is 1. The number of nitrogens with zero attached hydrogens (tertiary/aromatic N) is 1. The molecule has 1 heterocycles. The van der Waals surface area contributed by atoms with Crippen molar-refractivity contribution in [1.82, 2.24) is 5.32 Å². The number of carbonyl (C=O) groups is 1. The molecule has 1 aromatic heterocycles. The third-order valence-corrected chi connectivity index (χ3v) is 4.16. The van der Waals surface area contributed by atoms with Crippen molar-refractivity contribution >= 4 is 22.6 Å². The van der Waals surface area contributed by atoms with E-state index in [1.165, 1.54) is 0 Å². The number of alkyl halides is 2. The van der Waals surface area contributed by atoms with Gasteiger partial charge in [0.15, 0.2) is 11.5 Å². The van der Waals surface area contributed by atoms with E-state index in [4.69, 9.17) is 9.15 Å². The smallest absolute Gasteiger partial charge is 0.387 e. The lowest BCUT2D eigenvalue weighted by molar-refractivity contribution is -0.385. The molecule has 0 saturated carbocycles. The average molecular weight is 406 g/mol. The lowest BCUT2D eigenvalue weighted by Crippen LogP contribution is -2.27. The van der Waals surface area contributed by atoms with Gasteiger partial charge in [0.25, 0.3) is 11.6 Å². The van der Waals surface area contributed by atoms with E-state index < -0.39 is 34.9 Å². The van der Waals surface area contributed by atoms with E-state index in [-0.39, 0.29) is 11.3 Å². The normalized spacial score (nSPS) is 12.0. The molecule has 0 bridgehead atoms. The molecule has 3 rings (SSSR count). The monoisotopic (exact) mass is 406 g/mol. The summed E-state index contributed by atoms with van der Waals surface area (Å²) in [5.41, 5.74) is -0.433. The lowest BCUT2D eigenvalue weighted by atomic mass is 10.1. The Balaban J connectivity index is 1.91. The molecule has 0 radical (unpaired) electrons. The van der Waals surface area contributed by atoms with E-state index in [1.54, 1.807) is 25.1 Å². The number of fused-ring (bicyclic) bond motifs is 1. The zero-order valence-corrected chi connectivity index (χ0v) is 15.3. The first kappa shape index (κ1) is 20.1. The molecule has 2 aromatic carbocycles. The van der Waals surface area contributed by atoms with Gasteiger partial charge in [-0.15, -0.1) is 0 Å². The number of ether oxygens (including phenoxy) is 2. The summed E-state index contributed by atoms with van der Waals surface area (Å²) in [6.45, 7) is -1.57. The Bertz CT molecular complexity index is 1030. The summed E-state index contributed by atoms with van der Waals surface area (Å²) in [5, 5.41) is 14.8. The second-order valence-electron chi connectivity index (χ2n) is 6.04. The predicted molar refractivity (Wildman–Crippen MR) is 98.4 cm³/mol. The summed E-state index contributed by atoms with van der Waals surface area (Å²) in [6.07, 6.45) is 0. The Morgan fingerprint density at radius 2 is 1.93 bits per heavy atom. The first-order valence-electron chi connectivity index (χ1n) is 8.40. The highest BCUT2D eigenvalue weighted by atomic mass is 19.3. The number of para-hydroxylation sites is 1. The van der Waals surface area contributed by atoms with Crippen LogP contribution in [-0.4, -0.2) is 24.6 Å². The van der Waals surface area contributed by atoms with Crippen molar-refractivity contribution in [2.75, 3.05) is 7.11 Å². The summed E-state index contributed by atoms with van der Waals surface area (Å²) >= 11 is 0. The number of carbonyl (C=O) groups excluding carboxylic acids is 1. The minimum atomic E-state index is -3.21. The molecule has 0 aliphatic heterocycles. The van der Waals surface area contributed by atoms with Crippen molar-refractivity contribution in [1.29, 1.82) is 0 Å². The fourth-order valence-corrected chi connectivity index (χ4v) is 2.79. The molecule has 0 saturated heterocycles. The van der Waals surface area contributed by atoms with Crippen molar-refractivity contribution in [2.45, 2.75) is 19.6 Å². The maximum absolute atomic E-state index is 12.7. The van der Waals surface area contributed by atoms with Crippen LogP contribution in [0, 0.1) is 10.1 Å². The summed E-state index contributed by atoms with van der Waals surface area (Å²) in [7, 11) is 1.16. The predicted octanol–water partition coefficient (Wildman–Crippen LogP) is 4.44. The quantitative estimate of drug-likeness (QED) is 0.459. The fourth-order valence-electron chi connectivity index (χ4n) is 2.79. The molecular weight excluding hydrogens is 390 g/mol. The third-order valence-electron chi connectivity index (χ3n) is 4.16. The van der Waals surface area contributed by atoms with Crippen LogP contribution in [0.25, 0.3) is 11.0 Å². The van der Waals surface area contributed by atoms with Gasteiger partial charge in [-0.1, -0.05) is 18.2 Å². The first-order chi connectivity index (χ1) is 13.8. The van der Waals surface area contributed by atoms with Gasteiger partial charge in [0.1, 0.15) is 16.9 Å². The van der Waals surface area contributed by atoms with Gasteiger partial charge >= 0.3 is 6.61 Å². The molecule has 0 fully saturated rings. The highest BCUT2D eigenvalue weighted by Gasteiger charge is 2.27. The molecule has 1 amide bonds. The summed E-state index contributed by atoms with van der Waals surface area (Å²) in [4.78, 5) is 23.2. The van der Waals surface area contributed by atoms with Crippen LogP contribution in [0.2, 0.25) is 0 Å². The second kappa shape index (κ2) is 8.13. The largest absolute Gasteiger partial charge is 0.493 e. The van der Waals surface area contributed by atoms with Crippen LogP contribution in [0.3, 0.4) is 0 Å². The number of hydrogen-bond acceptors (Lipinski definition) is 6. The summed E-state index contributed by atoms with van der Waals surface area (Å²) in [5.74, 6) is -1.13.